The standard InChI is InChI=1S/C11H16N2O6/c14-10-1-12(6-16-2-8-4-18-8)11(15)13(10)7-17-3-9-5-19-9/h8-9H,1-7H2. The quantitative estimate of drug-likeness (QED) is 0.416. The lowest BCUT2D eigenvalue weighted by molar-refractivity contribution is -0.129. The van der Waals surface area contributed by atoms with Crippen molar-refractivity contribution in [3.05, 3.63) is 0 Å². The maximum Gasteiger partial charge on any atom is 0.330 e. The van der Waals surface area contributed by atoms with Gasteiger partial charge in [-0.1, -0.05) is 0 Å². The summed E-state index contributed by atoms with van der Waals surface area (Å²) in [5.74, 6) is -0.270. The molecule has 8 nitrogen and oxygen atoms in total. The van der Waals surface area contributed by atoms with Crippen LogP contribution in [0.4, 0.5) is 4.79 Å². The van der Waals surface area contributed by atoms with Gasteiger partial charge in [0.2, 0.25) is 0 Å². The predicted octanol–water partition coefficient (Wildman–Crippen LogP) is -1.00. The van der Waals surface area contributed by atoms with E-state index in [0.29, 0.717) is 26.4 Å². The summed E-state index contributed by atoms with van der Waals surface area (Å²) in [6.45, 7) is 2.36. The highest BCUT2D eigenvalue weighted by molar-refractivity contribution is 6.01. The molecule has 3 fully saturated rings. The second-order valence-corrected chi connectivity index (χ2v) is 4.71. The van der Waals surface area contributed by atoms with Crippen LogP contribution in [0.2, 0.25) is 0 Å². The summed E-state index contributed by atoms with van der Waals surface area (Å²) < 4.78 is 20.5. The van der Waals surface area contributed by atoms with Gasteiger partial charge in [0.05, 0.1) is 26.4 Å². The van der Waals surface area contributed by atoms with E-state index in [4.69, 9.17) is 18.9 Å². The Hall–Kier alpha value is -1.22. The number of hydrogen-bond acceptors (Lipinski definition) is 6. The number of nitrogens with zero attached hydrogens (tertiary/aromatic N) is 2. The summed E-state index contributed by atoms with van der Waals surface area (Å²) in [6, 6.07) is -0.376. The van der Waals surface area contributed by atoms with Gasteiger partial charge >= 0.3 is 6.03 Å². The molecule has 106 valence electrons. The fraction of sp³-hybridized carbons (Fsp3) is 0.818. The van der Waals surface area contributed by atoms with Crippen molar-refractivity contribution < 1.29 is 28.5 Å². The number of ether oxygens (including phenoxy) is 4. The highest BCUT2D eigenvalue weighted by Crippen LogP contribution is 2.14. The molecule has 0 aliphatic carbocycles. The normalized spacial score (nSPS) is 29.3. The van der Waals surface area contributed by atoms with E-state index in [-0.39, 0.29) is 44.2 Å². The van der Waals surface area contributed by atoms with Gasteiger partial charge in [0.15, 0.2) is 0 Å². The van der Waals surface area contributed by atoms with E-state index in [1.807, 2.05) is 0 Å². The van der Waals surface area contributed by atoms with Crippen molar-refractivity contribution in [1.29, 1.82) is 0 Å². The first-order chi connectivity index (χ1) is 9.24. The molecule has 3 aliphatic rings. The third-order valence-corrected chi connectivity index (χ3v) is 3.01. The Labute approximate surface area is 110 Å². The molecular formula is C11H16N2O6. The smallest absolute Gasteiger partial charge is 0.330 e. The first kappa shape index (κ1) is 12.8. The van der Waals surface area contributed by atoms with Gasteiger partial charge in [0.25, 0.3) is 5.91 Å². The number of imide groups is 1. The van der Waals surface area contributed by atoms with Crippen molar-refractivity contribution in [2.24, 2.45) is 0 Å². The zero-order chi connectivity index (χ0) is 13.2. The fourth-order valence-electron chi connectivity index (χ4n) is 1.72. The lowest BCUT2D eigenvalue weighted by Crippen LogP contribution is -2.36. The van der Waals surface area contributed by atoms with Crippen LogP contribution in [0.3, 0.4) is 0 Å². The van der Waals surface area contributed by atoms with E-state index >= 15 is 0 Å². The van der Waals surface area contributed by atoms with Crippen LogP contribution >= 0.6 is 0 Å². The van der Waals surface area contributed by atoms with Crippen LogP contribution < -0.4 is 0 Å². The summed E-state index contributed by atoms with van der Waals surface area (Å²) in [5.41, 5.74) is 0. The highest BCUT2D eigenvalue weighted by Gasteiger charge is 2.36. The van der Waals surface area contributed by atoms with Gasteiger partial charge in [-0.25, -0.2) is 9.69 Å². The van der Waals surface area contributed by atoms with Crippen molar-refractivity contribution in [3.8, 4) is 0 Å². The monoisotopic (exact) mass is 272 g/mol. The topological polar surface area (TPSA) is 84.1 Å². The molecule has 0 N–H and O–H groups in total. The first-order valence-corrected chi connectivity index (χ1v) is 6.22. The zero-order valence-corrected chi connectivity index (χ0v) is 10.4. The molecule has 3 amide bonds. The number of carbonyl (C=O) groups excluding carboxylic acids is 2. The largest absolute Gasteiger partial charge is 0.371 e. The molecule has 8 heteroatoms. The number of carbonyl (C=O) groups is 2. The lowest BCUT2D eigenvalue weighted by atomic mass is 10.5. The fourth-order valence-corrected chi connectivity index (χ4v) is 1.72. The van der Waals surface area contributed by atoms with Gasteiger partial charge in [0, 0.05) is 0 Å². The maximum absolute atomic E-state index is 11.9. The SMILES string of the molecule is O=C1CN(COCC2CO2)C(=O)N1COCC1CO1. The van der Waals surface area contributed by atoms with E-state index in [9.17, 15) is 9.59 Å². The van der Waals surface area contributed by atoms with Gasteiger partial charge in [-0.05, 0) is 0 Å². The average Bonchev–Trinajstić information content (AvgIpc) is 3.25. The summed E-state index contributed by atoms with van der Waals surface area (Å²) in [4.78, 5) is 26.0. The van der Waals surface area contributed by atoms with E-state index in [0.717, 1.165) is 4.90 Å². The minimum Gasteiger partial charge on any atom is -0.371 e. The van der Waals surface area contributed by atoms with Crippen LogP contribution in [0.1, 0.15) is 0 Å². The molecule has 0 aromatic heterocycles. The van der Waals surface area contributed by atoms with Crippen LogP contribution in [-0.4, -0.2) is 80.4 Å². The second kappa shape index (κ2) is 5.41. The van der Waals surface area contributed by atoms with Crippen molar-refractivity contribution in [2.75, 3.05) is 46.4 Å². The molecule has 2 atom stereocenters. The minimum atomic E-state index is -0.376. The van der Waals surface area contributed by atoms with Crippen molar-refractivity contribution in [2.45, 2.75) is 12.2 Å². The Morgan fingerprint density at radius 2 is 1.63 bits per heavy atom. The Bertz CT molecular complexity index is 368. The molecule has 3 saturated heterocycles. The van der Waals surface area contributed by atoms with Gasteiger partial charge < -0.3 is 18.9 Å². The molecular weight excluding hydrogens is 256 g/mol. The van der Waals surface area contributed by atoms with Crippen molar-refractivity contribution in [1.82, 2.24) is 9.80 Å². The number of amides is 3. The summed E-state index contributed by atoms with van der Waals surface area (Å²) >= 11 is 0. The number of epoxide rings is 2. The molecule has 0 saturated carbocycles. The first-order valence-electron chi connectivity index (χ1n) is 6.22. The highest BCUT2D eigenvalue weighted by atomic mass is 16.6. The van der Waals surface area contributed by atoms with E-state index < -0.39 is 0 Å². The number of hydrogen-bond donors (Lipinski definition) is 0. The third kappa shape index (κ3) is 3.41. The van der Waals surface area contributed by atoms with Crippen LogP contribution in [0.5, 0.6) is 0 Å². The Morgan fingerprint density at radius 3 is 2.21 bits per heavy atom. The number of rotatable bonds is 8. The Balaban J connectivity index is 1.39. The molecule has 3 heterocycles. The van der Waals surface area contributed by atoms with Crippen LogP contribution in [-0.2, 0) is 23.7 Å². The van der Waals surface area contributed by atoms with Gasteiger partial charge in [-0.3, -0.25) is 9.69 Å². The minimum absolute atomic E-state index is 0.0280. The molecule has 0 radical (unpaired) electrons. The Kier molecular flexibility index (Phi) is 3.65. The summed E-state index contributed by atoms with van der Waals surface area (Å²) in [6.07, 6.45) is 0.261. The Morgan fingerprint density at radius 1 is 1.05 bits per heavy atom. The van der Waals surface area contributed by atoms with E-state index in [1.54, 1.807) is 0 Å². The molecule has 0 bridgehead atoms. The molecule has 0 spiro atoms. The summed E-state index contributed by atoms with van der Waals surface area (Å²) in [5, 5.41) is 0. The van der Waals surface area contributed by atoms with Crippen LogP contribution in [0.15, 0.2) is 0 Å². The van der Waals surface area contributed by atoms with Gasteiger partial charge in [0.1, 0.15) is 32.2 Å². The van der Waals surface area contributed by atoms with Crippen LogP contribution in [0.25, 0.3) is 0 Å². The molecule has 0 aromatic rings. The molecule has 19 heavy (non-hydrogen) atoms. The van der Waals surface area contributed by atoms with Crippen LogP contribution in [0, 0.1) is 0 Å². The van der Waals surface area contributed by atoms with E-state index in [2.05, 4.69) is 0 Å². The summed E-state index contributed by atoms with van der Waals surface area (Å²) in [7, 11) is 0. The van der Waals surface area contributed by atoms with Gasteiger partial charge in [-0.15, -0.1) is 0 Å². The van der Waals surface area contributed by atoms with E-state index in [1.165, 1.54) is 4.90 Å². The zero-order valence-electron chi connectivity index (χ0n) is 10.4. The van der Waals surface area contributed by atoms with Gasteiger partial charge in [-0.2, -0.15) is 0 Å². The number of urea groups is 1. The molecule has 2 unspecified atom stereocenters. The lowest BCUT2D eigenvalue weighted by Gasteiger charge is -2.16. The second-order valence-electron chi connectivity index (χ2n) is 4.71. The molecule has 3 aliphatic heterocycles. The molecule has 3 rings (SSSR count). The predicted molar refractivity (Wildman–Crippen MR) is 60.1 cm³/mol. The maximum atomic E-state index is 11.9. The van der Waals surface area contributed by atoms with Crippen molar-refractivity contribution in [3.63, 3.8) is 0 Å². The van der Waals surface area contributed by atoms with Crippen molar-refractivity contribution >= 4 is 11.9 Å². The third-order valence-electron chi connectivity index (χ3n) is 3.01. The molecule has 0 aromatic carbocycles. The average molecular weight is 272 g/mol.